The van der Waals surface area contributed by atoms with Gasteiger partial charge in [-0.1, -0.05) is 0 Å². The van der Waals surface area contributed by atoms with Crippen LogP contribution in [0, 0.1) is 5.92 Å². The first-order valence-corrected chi connectivity index (χ1v) is 7.00. The highest BCUT2D eigenvalue weighted by molar-refractivity contribution is 5.95. The van der Waals surface area contributed by atoms with E-state index < -0.39 is 0 Å². The maximum atomic E-state index is 11.9. The lowest BCUT2D eigenvalue weighted by Gasteiger charge is -2.34. The zero-order valence-electron chi connectivity index (χ0n) is 12.2. The van der Waals surface area contributed by atoms with E-state index in [9.17, 15) is 9.90 Å². The molecule has 1 fully saturated rings. The molecule has 1 unspecified atom stereocenters. The number of aliphatic hydroxyl groups excluding tert-OH is 1. The molecule has 2 rings (SSSR count). The molecule has 0 aromatic heterocycles. The van der Waals surface area contributed by atoms with Crippen molar-refractivity contribution in [2.24, 2.45) is 5.92 Å². The monoisotopic (exact) mass is 277 g/mol. The number of carbonyl (C=O) groups excluding carboxylic acids is 1. The molecular weight excluding hydrogens is 254 g/mol. The molecule has 0 spiro atoms. The zero-order valence-corrected chi connectivity index (χ0v) is 12.2. The van der Waals surface area contributed by atoms with Crippen molar-refractivity contribution in [1.82, 2.24) is 4.90 Å². The molecule has 0 saturated carbocycles. The van der Waals surface area contributed by atoms with E-state index in [0.717, 1.165) is 31.6 Å². The van der Waals surface area contributed by atoms with Crippen LogP contribution in [-0.4, -0.2) is 49.7 Å². The number of nitrogen functional groups attached to an aromatic ring is 1. The number of anilines is 2. The Morgan fingerprint density at radius 3 is 2.85 bits per heavy atom. The molecule has 5 nitrogen and oxygen atoms in total. The van der Waals surface area contributed by atoms with Crippen LogP contribution in [0.15, 0.2) is 18.2 Å². The molecule has 1 aliphatic rings. The molecule has 5 heteroatoms. The standard InChI is InChI=1S/C15H23N3O2/c1-17(2)15(20)12-5-6-14(13(16)8-12)18-7-3-4-11(9-18)10-19/h5-6,8,11,19H,3-4,7,9-10,16H2,1-2H3. The highest BCUT2D eigenvalue weighted by Gasteiger charge is 2.21. The Morgan fingerprint density at radius 1 is 1.50 bits per heavy atom. The summed E-state index contributed by atoms with van der Waals surface area (Å²) in [5, 5.41) is 9.29. The molecule has 1 aromatic rings. The first kappa shape index (κ1) is 14.7. The second-order valence-corrected chi connectivity index (χ2v) is 5.61. The third-order valence-electron chi connectivity index (χ3n) is 3.80. The smallest absolute Gasteiger partial charge is 0.253 e. The number of hydrogen-bond donors (Lipinski definition) is 2. The Bertz CT molecular complexity index is 488. The van der Waals surface area contributed by atoms with Gasteiger partial charge in [-0.3, -0.25) is 4.79 Å². The number of aliphatic hydroxyl groups is 1. The van der Waals surface area contributed by atoms with Gasteiger partial charge < -0.3 is 20.6 Å². The van der Waals surface area contributed by atoms with Gasteiger partial charge in [0, 0.05) is 39.4 Å². The van der Waals surface area contributed by atoms with Gasteiger partial charge in [0.05, 0.1) is 11.4 Å². The molecule has 0 radical (unpaired) electrons. The molecule has 20 heavy (non-hydrogen) atoms. The summed E-state index contributed by atoms with van der Waals surface area (Å²) in [5.41, 5.74) is 8.28. The van der Waals surface area contributed by atoms with E-state index >= 15 is 0 Å². The number of hydrogen-bond acceptors (Lipinski definition) is 4. The number of nitrogens with two attached hydrogens (primary N) is 1. The van der Waals surface area contributed by atoms with E-state index in [2.05, 4.69) is 4.90 Å². The number of amides is 1. The van der Waals surface area contributed by atoms with Gasteiger partial charge in [-0.15, -0.1) is 0 Å². The molecule has 1 amide bonds. The van der Waals surface area contributed by atoms with Crippen LogP contribution in [0.1, 0.15) is 23.2 Å². The van der Waals surface area contributed by atoms with Crippen LogP contribution < -0.4 is 10.6 Å². The first-order valence-electron chi connectivity index (χ1n) is 7.00. The van der Waals surface area contributed by atoms with Crippen molar-refractivity contribution in [1.29, 1.82) is 0 Å². The van der Waals surface area contributed by atoms with Gasteiger partial charge in [0.25, 0.3) is 5.91 Å². The van der Waals surface area contributed by atoms with Crippen LogP contribution in [0.3, 0.4) is 0 Å². The van der Waals surface area contributed by atoms with Crippen LogP contribution >= 0.6 is 0 Å². The number of nitrogens with zero attached hydrogens (tertiary/aromatic N) is 2. The molecule has 1 aromatic carbocycles. The average Bonchev–Trinajstić information content (AvgIpc) is 2.46. The summed E-state index contributed by atoms with van der Waals surface area (Å²) in [7, 11) is 3.45. The minimum Gasteiger partial charge on any atom is -0.397 e. The molecule has 1 atom stereocenters. The molecule has 3 N–H and O–H groups in total. The van der Waals surface area contributed by atoms with E-state index in [1.165, 1.54) is 4.90 Å². The summed E-state index contributed by atoms with van der Waals surface area (Å²) in [6.07, 6.45) is 2.12. The predicted molar refractivity (Wildman–Crippen MR) is 80.9 cm³/mol. The number of benzene rings is 1. The fourth-order valence-electron chi connectivity index (χ4n) is 2.67. The Kier molecular flexibility index (Phi) is 4.49. The van der Waals surface area contributed by atoms with E-state index in [4.69, 9.17) is 5.73 Å². The van der Waals surface area contributed by atoms with Crippen LogP contribution in [0.25, 0.3) is 0 Å². The van der Waals surface area contributed by atoms with Crippen molar-refractivity contribution < 1.29 is 9.90 Å². The molecule has 1 saturated heterocycles. The van der Waals surface area contributed by atoms with Gasteiger partial charge in [-0.05, 0) is 37.0 Å². The number of rotatable bonds is 3. The van der Waals surface area contributed by atoms with E-state index in [1.807, 2.05) is 12.1 Å². The molecule has 1 heterocycles. The lowest BCUT2D eigenvalue weighted by molar-refractivity contribution is 0.0827. The fourth-order valence-corrected chi connectivity index (χ4v) is 2.67. The first-order chi connectivity index (χ1) is 9.52. The summed E-state index contributed by atoms with van der Waals surface area (Å²) in [5.74, 6) is 0.265. The summed E-state index contributed by atoms with van der Waals surface area (Å²) >= 11 is 0. The maximum absolute atomic E-state index is 11.9. The lowest BCUT2D eigenvalue weighted by Crippen LogP contribution is -2.37. The average molecular weight is 277 g/mol. The minimum atomic E-state index is -0.0462. The lowest BCUT2D eigenvalue weighted by atomic mass is 9.98. The van der Waals surface area contributed by atoms with Gasteiger partial charge in [0.15, 0.2) is 0 Å². The largest absolute Gasteiger partial charge is 0.397 e. The van der Waals surface area contributed by atoms with E-state index in [1.54, 1.807) is 20.2 Å². The van der Waals surface area contributed by atoms with Gasteiger partial charge in [-0.2, -0.15) is 0 Å². The van der Waals surface area contributed by atoms with E-state index in [0.29, 0.717) is 17.2 Å². The Balaban J connectivity index is 2.19. The predicted octanol–water partition coefficient (Wildman–Crippen LogP) is 1.18. The minimum absolute atomic E-state index is 0.0462. The molecular formula is C15H23N3O2. The molecule has 0 bridgehead atoms. The van der Waals surface area contributed by atoms with Crippen molar-refractivity contribution in [3.63, 3.8) is 0 Å². The third-order valence-corrected chi connectivity index (χ3v) is 3.80. The van der Waals surface area contributed by atoms with E-state index in [-0.39, 0.29) is 12.5 Å². The van der Waals surface area contributed by atoms with Gasteiger partial charge >= 0.3 is 0 Å². The van der Waals surface area contributed by atoms with Crippen LogP contribution in [-0.2, 0) is 0 Å². The normalized spacial score (nSPS) is 18.9. The van der Waals surface area contributed by atoms with Crippen molar-refractivity contribution in [2.75, 3.05) is 44.4 Å². The van der Waals surface area contributed by atoms with Crippen molar-refractivity contribution in [2.45, 2.75) is 12.8 Å². The quantitative estimate of drug-likeness (QED) is 0.814. The fraction of sp³-hybridized carbons (Fsp3) is 0.533. The Labute approximate surface area is 120 Å². The highest BCUT2D eigenvalue weighted by atomic mass is 16.3. The Morgan fingerprint density at radius 2 is 2.25 bits per heavy atom. The third kappa shape index (κ3) is 3.04. The summed E-state index contributed by atoms with van der Waals surface area (Å²) in [4.78, 5) is 15.6. The summed E-state index contributed by atoms with van der Waals surface area (Å²) in [6.45, 7) is 1.98. The molecule has 110 valence electrons. The second kappa shape index (κ2) is 6.13. The van der Waals surface area contributed by atoms with Gasteiger partial charge in [0.1, 0.15) is 0 Å². The highest BCUT2D eigenvalue weighted by Crippen LogP contribution is 2.29. The van der Waals surface area contributed by atoms with Crippen LogP contribution in [0.2, 0.25) is 0 Å². The maximum Gasteiger partial charge on any atom is 0.253 e. The van der Waals surface area contributed by atoms with Crippen molar-refractivity contribution in [3.8, 4) is 0 Å². The topological polar surface area (TPSA) is 69.8 Å². The van der Waals surface area contributed by atoms with Gasteiger partial charge in [-0.25, -0.2) is 0 Å². The molecule has 1 aliphatic heterocycles. The van der Waals surface area contributed by atoms with Crippen LogP contribution in [0.4, 0.5) is 11.4 Å². The number of carbonyl (C=O) groups is 1. The van der Waals surface area contributed by atoms with Crippen molar-refractivity contribution in [3.05, 3.63) is 23.8 Å². The second-order valence-electron chi connectivity index (χ2n) is 5.61. The number of piperidine rings is 1. The van der Waals surface area contributed by atoms with Crippen LogP contribution in [0.5, 0.6) is 0 Å². The molecule has 0 aliphatic carbocycles. The zero-order chi connectivity index (χ0) is 14.7. The Hall–Kier alpha value is -1.75. The SMILES string of the molecule is CN(C)C(=O)c1ccc(N2CCCC(CO)C2)c(N)c1. The summed E-state index contributed by atoms with van der Waals surface area (Å²) < 4.78 is 0. The van der Waals surface area contributed by atoms with Crippen molar-refractivity contribution >= 4 is 17.3 Å². The summed E-state index contributed by atoms with van der Waals surface area (Å²) in [6, 6.07) is 5.46. The van der Waals surface area contributed by atoms with Gasteiger partial charge in [0.2, 0.25) is 0 Å².